The van der Waals surface area contributed by atoms with Crippen LogP contribution in [0.15, 0.2) is 36.4 Å². The number of rotatable bonds is 3. The molecule has 2 aromatic carbocycles. The fourth-order valence-electron chi connectivity index (χ4n) is 4.91. The minimum absolute atomic E-state index is 0.0119. The molecule has 1 saturated heterocycles. The summed E-state index contributed by atoms with van der Waals surface area (Å²) < 4.78 is 46.5. The maximum Gasteiger partial charge on any atom is 0.417 e. The molecular formula is C24H20F3N3O3S. The van der Waals surface area contributed by atoms with Crippen molar-refractivity contribution in [2.75, 3.05) is 16.4 Å². The lowest BCUT2D eigenvalue weighted by Crippen LogP contribution is -2.55. The molecule has 2 aliphatic heterocycles. The number of alkyl halides is 3. The standard InChI is InChI=1S/C24H20F3N3O3S/c25-24(26,27)19-11-16(4-2-15(19)12-28)29-21(32)23(8-1-9-23)30(22(29)34)17-5-7-20-14(10-17)3-6-18(13-31)33-20/h2,4-5,7,10-11,18,31H,1,3,6,8-9,13H2/t18-/m1/s1. The summed E-state index contributed by atoms with van der Waals surface area (Å²) in [5, 5.41) is 18.6. The topological polar surface area (TPSA) is 76.8 Å². The van der Waals surface area contributed by atoms with E-state index in [1.54, 1.807) is 23.1 Å². The van der Waals surface area contributed by atoms with Gasteiger partial charge in [0.2, 0.25) is 0 Å². The molecule has 176 valence electrons. The molecular weight excluding hydrogens is 467 g/mol. The minimum atomic E-state index is -4.75. The number of aliphatic hydroxyl groups is 1. The zero-order chi connectivity index (χ0) is 24.3. The Kier molecular flexibility index (Phi) is 5.30. The van der Waals surface area contributed by atoms with E-state index in [0.29, 0.717) is 37.1 Å². The second-order valence-electron chi connectivity index (χ2n) is 8.74. The van der Waals surface area contributed by atoms with Gasteiger partial charge in [-0.15, -0.1) is 0 Å². The number of nitrogens with zero attached hydrogens (tertiary/aromatic N) is 3. The van der Waals surface area contributed by atoms with Gasteiger partial charge in [-0.05, 0) is 86.3 Å². The highest BCUT2D eigenvalue weighted by molar-refractivity contribution is 7.81. The Hall–Kier alpha value is -3.16. The Labute approximate surface area is 199 Å². The van der Waals surface area contributed by atoms with Crippen LogP contribution >= 0.6 is 12.2 Å². The zero-order valence-corrected chi connectivity index (χ0v) is 18.7. The van der Waals surface area contributed by atoms with Gasteiger partial charge in [-0.25, -0.2) is 0 Å². The summed E-state index contributed by atoms with van der Waals surface area (Å²) in [7, 11) is 0. The first-order valence-corrected chi connectivity index (χ1v) is 11.3. The number of nitriles is 1. The first-order valence-electron chi connectivity index (χ1n) is 10.9. The van der Waals surface area contributed by atoms with Crippen molar-refractivity contribution in [2.45, 2.75) is 49.9 Å². The van der Waals surface area contributed by atoms with Crippen LogP contribution in [0.25, 0.3) is 0 Å². The third-order valence-electron chi connectivity index (χ3n) is 6.81. The number of benzene rings is 2. The molecule has 2 fully saturated rings. The molecule has 1 saturated carbocycles. The van der Waals surface area contributed by atoms with Gasteiger partial charge < -0.3 is 14.7 Å². The van der Waals surface area contributed by atoms with Crippen molar-refractivity contribution in [2.24, 2.45) is 0 Å². The van der Waals surface area contributed by atoms with Gasteiger partial charge in [-0.1, -0.05) is 0 Å². The highest BCUT2D eigenvalue weighted by atomic mass is 32.1. The molecule has 1 atom stereocenters. The van der Waals surface area contributed by atoms with E-state index in [-0.39, 0.29) is 29.4 Å². The fraction of sp³-hybridized carbons (Fsp3) is 0.375. The van der Waals surface area contributed by atoms with Crippen molar-refractivity contribution >= 4 is 34.6 Å². The Morgan fingerprint density at radius 3 is 2.56 bits per heavy atom. The van der Waals surface area contributed by atoms with Gasteiger partial charge in [0.25, 0.3) is 5.91 Å². The molecule has 5 rings (SSSR count). The summed E-state index contributed by atoms with van der Waals surface area (Å²) in [6, 6.07) is 10.2. The van der Waals surface area contributed by atoms with Crippen LogP contribution in [0, 0.1) is 11.3 Å². The number of thiocarbonyl (C=S) groups is 1. The van der Waals surface area contributed by atoms with Crippen LogP contribution < -0.4 is 14.5 Å². The maximum absolute atomic E-state index is 13.6. The Morgan fingerprint density at radius 2 is 1.94 bits per heavy atom. The van der Waals surface area contributed by atoms with Crippen LogP contribution in [0.5, 0.6) is 5.75 Å². The third kappa shape index (κ3) is 3.34. The van der Waals surface area contributed by atoms with E-state index in [2.05, 4.69) is 0 Å². The van der Waals surface area contributed by atoms with E-state index in [9.17, 15) is 23.1 Å². The van der Waals surface area contributed by atoms with E-state index in [1.807, 2.05) is 6.07 Å². The van der Waals surface area contributed by atoms with Crippen molar-refractivity contribution in [3.63, 3.8) is 0 Å². The molecule has 0 radical (unpaired) electrons. The van der Waals surface area contributed by atoms with Gasteiger partial charge in [0.15, 0.2) is 5.11 Å². The first kappa shape index (κ1) is 22.6. The number of anilines is 2. The highest BCUT2D eigenvalue weighted by Gasteiger charge is 2.59. The Morgan fingerprint density at radius 1 is 1.21 bits per heavy atom. The molecule has 2 aromatic rings. The summed E-state index contributed by atoms with van der Waals surface area (Å²) in [6.45, 7) is -0.0749. The largest absolute Gasteiger partial charge is 0.488 e. The van der Waals surface area contributed by atoms with Gasteiger partial charge in [0, 0.05) is 5.69 Å². The van der Waals surface area contributed by atoms with Crippen molar-refractivity contribution in [1.82, 2.24) is 0 Å². The zero-order valence-electron chi connectivity index (χ0n) is 17.9. The predicted molar refractivity (Wildman–Crippen MR) is 122 cm³/mol. The fourth-order valence-corrected chi connectivity index (χ4v) is 5.38. The van der Waals surface area contributed by atoms with Crippen LogP contribution in [0.2, 0.25) is 0 Å². The number of hydrogen-bond donors (Lipinski definition) is 1. The molecule has 1 N–H and O–H groups in total. The molecule has 2 heterocycles. The quantitative estimate of drug-likeness (QED) is 0.650. The second-order valence-corrected chi connectivity index (χ2v) is 9.10. The van der Waals surface area contributed by atoms with Crippen molar-refractivity contribution in [3.8, 4) is 11.8 Å². The lowest BCUT2D eigenvalue weighted by molar-refractivity contribution is -0.137. The van der Waals surface area contributed by atoms with Crippen molar-refractivity contribution in [3.05, 3.63) is 53.1 Å². The molecule has 6 nitrogen and oxygen atoms in total. The summed E-state index contributed by atoms with van der Waals surface area (Å²) in [5.41, 5.74) is -0.977. The van der Waals surface area contributed by atoms with Crippen LogP contribution in [0.3, 0.4) is 0 Å². The predicted octanol–water partition coefficient (Wildman–Crippen LogP) is 4.32. The summed E-state index contributed by atoms with van der Waals surface area (Å²) in [6.07, 6.45) is -1.81. The van der Waals surface area contributed by atoms with Crippen LogP contribution in [0.1, 0.15) is 42.4 Å². The van der Waals surface area contributed by atoms with Crippen molar-refractivity contribution in [1.29, 1.82) is 5.26 Å². The van der Waals surface area contributed by atoms with Crippen LogP contribution in [-0.2, 0) is 17.4 Å². The number of fused-ring (bicyclic) bond motifs is 1. The Bertz CT molecular complexity index is 1240. The summed E-state index contributed by atoms with van der Waals surface area (Å²) in [4.78, 5) is 16.5. The number of halogens is 3. The number of hydrogen-bond acceptors (Lipinski definition) is 5. The maximum atomic E-state index is 13.6. The third-order valence-corrected chi connectivity index (χ3v) is 7.18. The number of carbonyl (C=O) groups is 1. The van der Waals surface area contributed by atoms with Crippen LogP contribution in [0.4, 0.5) is 24.5 Å². The second kappa shape index (κ2) is 7.96. The monoisotopic (exact) mass is 487 g/mol. The number of aliphatic hydroxyl groups excluding tert-OH is 1. The van der Waals surface area contributed by atoms with Gasteiger partial charge in [-0.2, -0.15) is 18.4 Å². The van der Waals surface area contributed by atoms with Crippen LogP contribution in [-0.4, -0.2) is 34.4 Å². The first-order chi connectivity index (χ1) is 16.2. The molecule has 1 spiro atoms. The van der Waals surface area contributed by atoms with Gasteiger partial charge >= 0.3 is 6.18 Å². The number of amides is 1. The lowest BCUT2D eigenvalue weighted by atomic mass is 9.75. The van der Waals surface area contributed by atoms with Gasteiger partial charge in [0.1, 0.15) is 17.4 Å². The SMILES string of the molecule is N#Cc1ccc(N2C(=O)C3(CCC3)N(c3ccc4c(c3)CC[C@H](CO)O4)C2=S)cc1C(F)(F)F. The molecule has 3 aliphatic rings. The molecule has 1 amide bonds. The lowest BCUT2D eigenvalue weighted by Gasteiger charge is -2.43. The van der Waals surface area contributed by atoms with E-state index < -0.39 is 22.8 Å². The number of aryl methyl sites for hydroxylation is 1. The summed E-state index contributed by atoms with van der Waals surface area (Å²) >= 11 is 5.66. The molecule has 0 aromatic heterocycles. The minimum Gasteiger partial charge on any atom is -0.488 e. The average Bonchev–Trinajstić information content (AvgIpc) is 3.04. The number of ether oxygens (including phenoxy) is 1. The molecule has 34 heavy (non-hydrogen) atoms. The van der Waals surface area contributed by atoms with Crippen molar-refractivity contribution < 1.29 is 27.8 Å². The van der Waals surface area contributed by atoms with E-state index in [0.717, 1.165) is 29.0 Å². The van der Waals surface area contributed by atoms with E-state index >= 15 is 0 Å². The van der Waals surface area contributed by atoms with E-state index in [1.165, 1.54) is 6.07 Å². The summed E-state index contributed by atoms with van der Waals surface area (Å²) in [5.74, 6) is 0.294. The average molecular weight is 488 g/mol. The smallest absolute Gasteiger partial charge is 0.417 e. The normalized spacial score (nSPS) is 21.2. The van der Waals surface area contributed by atoms with E-state index in [4.69, 9.17) is 22.2 Å². The van der Waals surface area contributed by atoms with Gasteiger partial charge in [-0.3, -0.25) is 9.69 Å². The number of carbonyl (C=O) groups excluding carboxylic acids is 1. The molecule has 0 unspecified atom stereocenters. The van der Waals surface area contributed by atoms with Gasteiger partial charge in [0.05, 0.1) is 29.5 Å². The molecule has 1 aliphatic carbocycles. The Balaban J connectivity index is 1.55. The highest BCUT2D eigenvalue weighted by Crippen LogP contribution is 2.49. The molecule has 10 heteroatoms. The molecule has 0 bridgehead atoms.